The smallest absolute Gasteiger partial charge is 0.0635 e. The minimum Gasteiger partial charge on any atom is -0.392 e. The van der Waals surface area contributed by atoms with Crippen LogP contribution >= 0.6 is 27.7 Å². The van der Waals surface area contributed by atoms with Crippen LogP contribution in [-0.4, -0.2) is 29.7 Å². The quantitative estimate of drug-likeness (QED) is 0.762. The average molecular weight is 333 g/mol. The van der Waals surface area contributed by atoms with E-state index >= 15 is 0 Å². The SMILES string of the molecule is COC(C)(C)CCC(O)CSc1ccccc1Br. The van der Waals surface area contributed by atoms with E-state index in [1.807, 2.05) is 32.0 Å². The minimum absolute atomic E-state index is 0.154. The molecule has 0 aliphatic heterocycles. The van der Waals surface area contributed by atoms with Gasteiger partial charge in [0.05, 0.1) is 11.7 Å². The normalized spacial score (nSPS) is 13.6. The predicted octanol–water partition coefficient (Wildman–Crippen LogP) is 4.11. The fraction of sp³-hybridized carbons (Fsp3) is 0.571. The first-order valence-electron chi connectivity index (χ1n) is 6.05. The zero-order valence-electron chi connectivity index (χ0n) is 11.1. The van der Waals surface area contributed by atoms with E-state index in [-0.39, 0.29) is 11.7 Å². The molecule has 1 atom stereocenters. The molecular weight excluding hydrogens is 312 g/mol. The molecule has 1 unspecified atom stereocenters. The van der Waals surface area contributed by atoms with E-state index in [0.29, 0.717) is 5.75 Å². The highest BCUT2D eigenvalue weighted by molar-refractivity contribution is 9.10. The van der Waals surface area contributed by atoms with Crippen molar-refractivity contribution in [2.75, 3.05) is 12.9 Å². The van der Waals surface area contributed by atoms with Gasteiger partial charge in [-0.05, 0) is 54.8 Å². The fourth-order valence-corrected chi connectivity index (χ4v) is 2.99. The first kappa shape index (κ1) is 16.0. The topological polar surface area (TPSA) is 29.5 Å². The zero-order valence-corrected chi connectivity index (χ0v) is 13.6. The van der Waals surface area contributed by atoms with E-state index in [2.05, 4.69) is 22.0 Å². The number of ether oxygens (including phenoxy) is 1. The van der Waals surface area contributed by atoms with Crippen LogP contribution < -0.4 is 0 Å². The number of benzene rings is 1. The summed E-state index contributed by atoms with van der Waals surface area (Å²) in [4.78, 5) is 1.17. The summed E-state index contributed by atoms with van der Waals surface area (Å²) < 4.78 is 6.43. The summed E-state index contributed by atoms with van der Waals surface area (Å²) in [6.45, 7) is 4.08. The van der Waals surface area contributed by atoms with Crippen LogP contribution in [0.5, 0.6) is 0 Å². The molecule has 0 bridgehead atoms. The number of hydrogen-bond donors (Lipinski definition) is 1. The minimum atomic E-state index is -0.295. The molecule has 102 valence electrons. The maximum Gasteiger partial charge on any atom is 0.0635 e. The third-order valence-corrected chi connectivity index (χ3v) is 5.07. The maximum absolute atomic E-state index is 9.97. The van der Waals surface area contributed by atoms with Crippen LogP contribution in [0.4, 0.5) is 0 Å². The van der Waals surface area contributed by atoms with Crippen LogP contribution in [0, 0.1) is 0 Å². The Hall–Kier alpha value is -0.0300. The lowest BCUT2D eigenvalue weighted by molar-refractivity contribution is 0.00494. The van der Waals surface area contributed by atoms with Gasteiger partial charge in [0.25, 0.3) is 0 Å². The molecule has 18 heavy (non-hydrogen) atoms. The molecular formula is C14H21BrO2S. The first-order valence-corrected chi connectivity index (χ1v) is 7.83. The molecule has 0 saturated carbocycles. The number of aliphatic hydroxyl groups is 1. The lowest BCUT2D eigenvalue weighted by atomic mass is 10.0. The fourth-order valence-electron chi connectivity index (χ4n) is 1.45. The van der Waals surface area contributed by atoms with Crippen molar-refractivity contribution >= 4 is 27.7 Å². The van der Waals surface area contributed by atoms with Gasteiger partial charge in [0.15, 0.2) is 0 Å². The first-order chi connectivity index (χ1) is 8.44. The summed E-state index contributed by atoms with van der Waals surface area (Å²) in [6, 6.07) is 8.07. The van der Waals surface area contributed by atoms with E-state index in [4.69, 9.17) is 4.74 Å². The summed E-state index contributed by atoms with van der Waals surface area (Å²) >= 11 is 5.18. The number of methoxy groups -OCH3 is 1. The molecule has 1 aromatic rings. The van der Waals surface area contributed by atoms with Crippen LogP contribution in [0.15, 0.2) is 33.6 Å². The Balaban J connectivity index is 2.34. The van der Waals surface area contributed by atoms with Gasteiger partial charge in [-0.3, -0.25) is 0 Å². The number of hydrogen-bond acceptors (Lipinski definition) is 3. The van der Waals surface area contributed by atoms with Crippen molar-refractivity contribution in [2.45, 2.75) is 43.3 Å². The standard InChI is InChI=1S/C14H21BrO2S/c1-14(2,17-3)9-8-11(16)10-18-13-7-5-4-6-12(13)15/h4-7,11,16H,8-10H2,1-3H3. The number of rotatable bonds is 7. The molecule has 0 aliphatic carbocycles. The number of thioether (sulfide) groups is 1. The van der Waals surface area contributed by atoms with Crippen LogP contribution in [0.25, 0.3) is 0 Å². The largest absolute Gasteiger partial charge is 0.392 e. The average Bonchev–Trinajstić information content (AvgIpc) is 2.35. The van der Waals surface area contributed by atoms with Crippen molar-refractivity contribution < 1.29 is 9.84 Å². The van der Waals surface area contributed by atoms with Crippen molar-refractivity contribution in [3.05, 3.63) is 28.7 Å². The Bertz CT molecular complexity index is 369. The highest BCUT2D eigenvalue weighted by atomic mass is 79.9. The van der Waals surface area contributed by atoms with Crippen LogP contribution in [0.2, 0.25) is 0 Å². The lowest BCUT2D eigenvalue weighted by Gasteiger charge is -2.24. The Morgan fingerprint density at radius 1 is 1.39 bits per heavy atom. The maximum atomic E-state index is 9.97. The third-order valence-electron chi connectivity index (χ3n) is 2.90. The lowest BCUT2D eigenvalue weighted by Crippen LogP contribution is -2.25. The molecule has 1 aromatic carbocycles. The van der Waals surface area contributed by atoms with E-state index in [1.54, 1.807) is 18.9 Å². The third kappa shape index (κ3) is 5.74. The number of halogens is 1. The predicted molar refractivity (Wildman–Crippen MR) is 81.2 cm³/mol. The monoisotopic (exact) mass is 332 g/mol. The van der Waals surface area contributed by atoms with Gasteiger partial charge in [-0.15, -0.1) is 11.8 Å². The summed E-state index contributed by atoms with van der Waals surface area (Å²) in [5, 5.41) is 9.97. The van der Waals surface area contributed by atoms with Crippen molar-refractivity contribution in [1.29, 1.82) is 0 Å². The Morgan fingerprint density at radius 3 is 2.67 bits per heavy atom. The molecule has 1 rings (SSSR count). The van der Waals surface area contributed by atoms with Gasteiger partial charge in [-0.25, -0.2) is 0 Å². The molecule has 0 spiro atoms. The van der Waals surface area contributed by atoms with Gasteiger partial charge in [0, 0.05) is 22.2 Å². The van der Waals surface area contributed by atoms with E-state index in [1.165, 1.54) is 4.90 Å². The summed E-state index contributed by atoms with van der Waals surface area (Å²) in [7, 11) is 1.71. The molecule has 2 nitrogen and oxygen atoms in total. The Morgan fingerprint density at radius 2 is 2.06 bits per heavy atom. The Labute approximate surface area is 122 Å². The molecule has 0 amide bonds. The van der Waals surface area contributed by atoms with Gasteiger partial charge in [-0.1, -0.05) is 12.1 Å². The molecule has 1 N–H and O–H groups in total. The van der Waals surface area contributed by atoms with Crippen molar-refractivity contribution in [3.8, 4) is 0 Å². The highest BCUT2D eigenvalue weighted by Gasteiger charge is 2.18. The summed E-state index contributed by atoms with van der Waals surface area (Å²) in [5.74, 6) is 0.711. The van der Waals surface area contributed by atoms with Gasteiger partial charge in [0.1, 0.15) is 0 Å². The molecule has 4 heteroatoms. The van der Waals surface area contributed by atoms with E-state index in [9.17, 15) is 5.11 Å². The second kappa shape index (κ2) is 7.53. The van der Waals surface area contributed by atoms with Crippen molar-refractivity contribution in [3.63, 3.8) is 0 Å². The van der Waals surface area contributed by atoms with Gasteiger partial charge in [0.2, 0.25) is 0 Å². The zero-order chi connectivity index (χ0) is 13.6. The molecule has 0 aliphatic rings. The molecule has 0 fully saturated rings. The molecule has 0 saturated heterocycles. The summed E-state index contributed by atoms with van der Waals surface area (Å²) in [5.41, 5.74) is -0.154. The van der Waals surface area contributed by atoms with Crippen molar-refractivity contribution in [1.82, 2.24) is 0 Å². The van der Waals surface area contributed by atoms with Crippen molar-refractivity contribution in [2.24, 2.45) is 0 Å². The molecule has 0 aromatic heterocycles. The summed E-state index contributed by atoms with van der Waals surface area (Å²) in [6.07, 6.45) is 1.33. The second-order valence-corrected chi connectivity index (χ2v) is 6.81. The number of aliphatic hydroxyl groups excluding tert-OH is 1. The second-order valence-electron chi connectivity index (χ2n) is 4.90. The highest BCUT2D eigenvalue weighted by Crippen LogP contribution is 2.28. The van der Waals surface area contributed by atoms with Crippen LogP contribution in [0.3, 0.4) is 0 Å². The van der Waals surface area contributed by atoms with Crippen LogP contribution in [-0.2, 0) is 4.74 Å². The molecule has 0 heterocycles. The van der Waals surface area contributed by atoms with E-state index < -0.39 is 0 Å². The molecule has 0 radical (unpaired) electrons. The Kier molecular flexibility index (Phi) is 6.71. The van der Waals surface area contributed by atoms with Gasteiger partial charge >= 0.3 is 0 Å². The van der Waals surface area contributed by atoms with Crippen LogP contribution in [0.1, 0.15) is 26.7 Å². The van der Waals surface area contributed by atoms with E-state index in [0.717, 1.165) is 17.3 Å². The van der Waals surface area contributed by atoms with Gasteiger partial charge in [-0.2, -0.15) is 0 Å². The van der Waals surface area contributed by atoms with Gasteiger partial charge < -0.3 is 9.84 Å².